The fraction of sp³-hybridized carbons (Fsp3) is 0.162. The number of amides is 2. The third kappa shape index (κ3) is 20.4. The molecule has 0 bridgehead atoms. The Morgan fingerprint density at radius 2 is 0.747 bits per heavy atom. The molecule has 2 amide bonds. The average Bonchev–Trinajstić information content (AvgIpc) is 3.75. The first-order valence-electron chi connectivity index (χ1n) is 27.8. The lowest BCUT2D eigenvalue weighted by molar-refractivity contribution is -0.142. The molecule has 0 saturated carbocycles. The van der Waals surface area contributed by atoms with Gasteiger partial charge in [0.15, 0.2) is 11.5 Å². The lowest BCUT2D eigenvalue weighted by Crippen LogP contribution is -2.53. The van der Waals surface area contributed by atoms with Crippen molar-refractivity contribution in [1.29, 1.82) is 0 Å². The van der Waals surface area contributed by atoms with E-state index in [0.717, 1.165) is 33.4 Å². The Kier molecular flexibility index (Phi) is 22.7. The first kappa shape index (κ1) is 62.2. The van der Waals surface area contributed by atoms with Gasteiger partial charge in [-0.15, -0.1) is 0 Å². The fourth-order valence-corrected chi connectivity index (χ4v) is 10.9. The molecule has 0 unspecified atom stereocenters. The zero-order valence-electron chi connectivity index (χ0n) is 47.2. The van der Waals surface area contributed by atoms with Crippen molar-refractivity contribution >= 4 is 33.6 Å². The number of benzene rings is 9. The molecule has 0 aliphatic heterocycles. The number of carboxylic acid groups (broad SMARTS) is 1. The second-order valence-electron chi connectivity index (χ2n) is 19.8. The summed E-state index contributed by atoms with van der Waals surface area (Å²) < 4.78 is 81.9. The van der Waals surface area contributed by atoms with Gasteiger partial charge < -0.3 is 39.0 Å². The van der Waals surface area contributed by atoms with Gasteiger partial charge in [0.25, 0.3) is 0 Å². The molecule has 446 valence electrons. The van der Waals surface area contributed by atoms with Crippen LogP contribution in [0.5, 0.6) is 23.0 Å². The maximum absolute atomic E-state index is 14.6. The molecule has 19 heteroatoms. The van der Waals surface area contributed by atoms with Crippen molar-refractivity contribution in [2.24, 2.45) is 0 Å². The van der Waals surface area contributed by atoms with Gasteiger partial charge in [-0.25, -0.2) is 18.7 Å². The number of phosphoric acid groups is 2. The second-order valence-corrected chi connectivity index (χ2v) is 23.0. The van der Waals surface area contributed by atoms with E-state index >= 15 is 0 Å². The van der Waals surface area contributed by atoms with Crippen LogP contribution in [0, 0.1) is 0 Å². The fourth-order valence-electron chi connectivity index (χ4n) is 8.58. The molecule has 9 rings (SSSR count). The van der Waals surface area contributed by atoms with Crippen LogP contribution in [0.3, 0.4) is 0 Å². The standard InChI is InChI=1S/C68H64N2O15P2/c71-66(69-63(67(72)73)42-59-36-39-64(65(43-59)78-45-51-20-7-1-8-21-51)85-87(76,82-49-55-28-15-5-16-29-55)83-50-56-30-17-6-18-31-56)62(70-68(74)79-46-52-22-9-2-10-23-52)41-58-32-19-33-61(40-58)77-44-57-34-37-60(38-35-57)84-86(75,80-47-53-24-11-3-12-25-53)81-48-54-26-13-4-14-27-54/h1-40,43,62-63H,41-42,44-50H2,(H,69,71)(H,70,74)(H,72,73)/t62-,63-/m0/s1. The zero-order valence-corrected chi connectivity index (χ0v) is 49.0. The van der Waals surface area contributed by atoms with Crippen molar-refractivity contribution in [1.82, 2.24) is 10.6 Å². The van der Waals surface area contributed by atoms with Crippen LogP contribution in [0.1, 0.15) is 50.1 Å². The Morgan fingerprint density at radius 3 is 1.23 bits per heavy atom. The molecule has 0 fully saturated rings. The van der Waals surface area contributed by atoms with E-state index in [2.05, 4.69) is 10.6 Å². The van der Waals surface area contributed by atoms with E-state index in [-0.39, 0.29) is 76.3 Å². The van der Waals surface area contributed by atoms with E-state index in [0.29, 0.717) is 22.4 Å². The van der Waals surface area contributed by atoms with Crippen molar-refractivity contribution in [3.05, 3.63) is 299 Å². The molecule has 2 atom stereocenters. The molecular formula is C68H64N2O15P2. The number of rotatable bonds is 32. The van der Waals surface area contributed by atoms with Crippen LogP contribution in [0.25, 0.3) is 0 Å². The molecule has 0 spiro atoms. The topological polar surface area (TPSA) is 213 Å². The van der Waals surface area contributed by atoms with E-state index in [1.165, 1.54) is 12.1 Å². The van der Waals surface area contributed by atoms with E-state index in [4.69, 9.17) is 41.4 Å². The number of aliphatic carboxylic acids is 1. The van der Waals surface area contributed by atoms with Crippen LogP contribution in [-0.4, -0.2) is 35.2 Å². The Bertz CT molecular complexity index is 3610. The first-order valence-corrected chi connectivity index (χ1v) is 30.8. The Morgan fingerprint density at radius 1 is 0.356 bits per heavy atom. The van der Waals surface area contributed by atoms with Gasteiger partial charge in [0.1, 0.15) is 43.4 Å². The minimum absolute atomic E-state index is 0.00605. The number of hydrogen-bond acceptors (Lipinski definition) is 14. The summed E-state index contributed by atoms with van der Waals surface area (Å²) in [5.74, 6) is -1.44. The van der Waals surface area contributed by atoms with Crippen LogP contribution in [-0.2, 0) is 101 Å². The summed E-state index contributed by atoms with van der Waals surface area (Å²) in [5.41, 5.74) is 6.20. The van der Waals surface area contributed by atoms with Crippen molar-refractivity contribution in [3.8, 4) is 23.0 Å². The molecule has 0 radical (unpaired) electrons. The van der Waals surface area contributed by atoms with Gasteiger partial charge in [-0.3, -0.25) is 22.9 Å². The number of carboxylic acids is 1. The molecule has 17 nitrogen and oxygen atoms in total. The van der Waals surface area contributed by atoms with Crippen LogP contribution in [0.15, 0.2) is 249 Å². The summed E-state index contributed by atoms with van der Waals surface area (Å²) in [6, 6.07) is 70.3. The number of hydrogen-bond donors (Lipinski definition) is 3. The van der Waals surface area contributed by atoms with Gasteiger partial charge in [-0.05, 0) is 86.5 Å². The lowest BCUT2D eigenvalue weighted by Gasteiger charge is -2.23. The van der Waals surface area contributed by atoms with Crippen LogP contribution < -0.4 is 29.2 Å². The van der Waals surface area contributed by atoms with Gasteiger partial charge in [0, 0.05) is 12.8 Å². The maximum Gasteiger partial charge on any atom is 0.530 e. The van der Waals surface area contributed by atoms with Gasteiger partial charge in [-0.2, -0.15) is 0 Å². The zero-order chi connectivity index (χ0) is 60.5. The summed E-state index contributed by atoms with van der Waals surface area (Å²) >= 11 is 0. The van der Waals surface area contributed by atoms with Crippen molar-refractivity contribution < 1.29 is 70.0 Å². The van der Waals surface area contributed by atoms with Gasteiger partial charge in [0.2, 0.25) is 5.91 Å². The van der Waals surface area contributed by atoms with E-state index in [1.54, 1.807) is 78.9 Å². The molecule has 87 heavy (non-hydrogen) atoms. The molecule has 9 aromatic rings. The Balaban J connectivity index is 0.888. The van der Waals surface area contributed by atoms with Crippen LogP contribution in [0.2, 0.25) is 0 Å². The number of carbonyl (C=O) groups excluding carboxylic acids is 2. The minimum Gasteiger partial charge on any atom is -0.489 e. The van der Waals surface area contributed by atoms with Crippen molar-refractivity contribution in [3.63, 3.8) is 0 Å². The van der Waals surface area contributed by atoms with Gasteiger partial charge in [0.05, 0.1) is 26.4 Å². The predicted octanol–water partition coefficient (Wildman–Crippen LogP) is 14.3. The minimum atomic E-state index is -4.40. The summed E-state index contributed by atoms with van der Waals surface area (Å²) in [4.78, 5) is 41.0. The highest BCUT2D eigenvalue weighted by atomic mass is 31.2. The van der Waals surface area contributed by atoms with Crippen molar-refractivity contribution in [2.45, 2.75) is 71.2 Å². The van der Waals surface area contributed by atoms with Crippen LogP contribution >= 0.6 is 15.6 Å². The number of ether oxygens (including phenoxy) is 3. The van der Waals surface area contributed by atoms with E-state index < -0.39 is 45.7 Å². The molecule has 0 saturated heterocycles. The monoisotopic (exact) mass is 1210 g/mol. The number of phosphoric ester groups is 2. The first-order chi connectivity index (χ1) is 42.4. The molecule has 9 aromatic carbocycles. The molecular weight excluding hydrogens is 1150 g/mol. The second kappa shape index (κ2) is 31.7. The summed E-state index contributed by atoms with van der Waals surface area (Å²) in [6.45, 7) is -0.175. The van der Waals surface area contributed by atoms with Crippen molar-refractivity contribution in [2.75, 3.05) is 0 Å². The highest BCUT2D eigenvalue weighted by molar-refractivity contribution is 7.49. The highest BCUT2D eigenvalue weighted by Crippen LogP contribution is 2.53. The van der Waals surface area contributed by atoms with E-state index in [1.807, 2.05) is 158 Å². The van der Waals surface area contributed by atoms with Gasteiger partial charge >= 0.3 is 27.7 Å². The summed E-state index contributed by atoms with van der Waals surface area (Å²) in [6.07, 6.45) is -1.29. The molecule has 0 aliphatic carbocycles. The largest absolute Gasteiger partial charge is 0.530 e. The SMILES string of the molecule is O=C(N[C@@H](Cc1cccc(OCc2ccc(OP(=O)(OCc3ccccc3)OCc3ccccc3)cc2)c1)C(=O)N[C@@H](Cc1ccc(OP(=O)(OCc2ccccc2)OCc2ccccc2)c(OCc2ccccc2)c1)C(=O)O)OCc1ccccc1. The third-order valence-electron chi connectivity index (χ3n) is 13.1. The highest BCUT2D eigenvalue weighted by Gasteiger charge is 2.33. The predicted molar refractivity (Wildman–Crippen MR) is 326 cm³/mol. The molecule has 0 aromatic heterocycles. The Hall–Kier alpha value is -9.31. The number of alkyl carbamates (subject to hydrolysis) is 1. The van der Waals surface area contributed by atoms with Gasteiger partial charge in [-0.1, -0.05) is 212 Å². The molecule has 0 aliphatic rings. The van der Waals surface area contributed by atoms with E-state index in [9.17, 15) is 28.6 Å². The average molecular weight is 1210 g/mol. The Labute approximate surface area is 504 Å². The lowest BCUT2D eigenvalue weighted by atomic mass is 10.0. The van der Waals surface area contributed by atoms with Crippen LogP contribution in [0.4, 0.5) is 4.79 Å². The summed E-state index contributed by atoms with van der Waals surface area (Å²) in [5, 5.41) is 15.9. The molecule has 0 heterocycles. The quantitative estimate of drug-likeness (QED) is 0.0335. The normalized spacial score (nSPS) is 12.0. The number of nitrogens with one attached hydrogen (secondary N) is 2. The molecule has 3 N–H and O–H groups in total. The maximum atomic E-state index is 14.6. The third-order valence-corrected chi connectivity index (χ3v) is 15.8. The number of carbonyl (C=O) groups is 3. The smallest absolute Gasteiger partial charge is 0.489 e. The summed E-state index contributed by atoms with van der Waals surface area (Å²) in [7, 11) is -8.51.